The van der Waals surface area contributed by atoms with Crippen LogP contribution in [0.5, 0.6) is 0 Å². The van der Waals surface area contributed by atoms with E-state index >= 15 is 0 Å². The highest BCUT2D eigenvalue weighted by Crippen LogP contribution is 2.22. The van der Waals surface area contributed by atoms with E-state index < -0.39 is 18.4 Å². The van der Waals surface area contributed by atoms with E-state index in [9.17, 15) is 14.4 Å². The van der Waals surface area contributed by atoms with E-state index in [0.29, 0.717) is 16.9 Å². The molecule has 0 saturated carbocycles. The molecule has 2 amide bonds. The van der Waals surface area contributed by atoms with Crippen LogP contribution < -0.4 is 10.6 Å². The highest BCUT2D eigenvalue weighted by molar-refractivity contribution is 6.03. The largest absolute Gasteiger partial charge is 0.480 e. The molecule has 0 fully saturated rings. The van der Waals surface area contributed by atoms with Crippen LogP contribution in [0.3, 0.4) is 0 Å². The van der Waals surface area contributed by atoms with Crippen LogP contribution in [-0.2, 0) is 17.3 Å². The SMILES string of the molecule is Cn1nc(C(C)(C)C)cc1C(=O)Nc1ccc(C(=O)NCC(=O)O)cc1. The maximum atomic E-state index is 12.5. The summed E-state index contributed by atoms with van der Waals surface area (Å²) in [6.07, 6.45) is 0. The second-order valence-corrected chi connectivity index (χ2v) is 6.90. The molecule has 3 N–H and O–H groups in total. The first-order valence-corrected chi connectivity index (χ1v) is 8.04. The zero-order valence-corrected chi connectivity index (χ0v) is 15.2. The average molecular weight is 358 g/mol. The molecule has 0 saturated heterocycles. The summed E-state index contributed by atoms with van der Waals surface area (Å²) >= 11 is 0. The van der Waals surface area contributed by atoms with Crippen molar-refractivity contribution in [2.75, 3.05) is 11.9 Å². The summed E-state index contributed by atoms with van der Waals surface area (Å²) in [4.78, 5) is 34.7. The summed E-state index contributed by atoms with van der Waals surface area (Å²) in [6.45, 7) is 5.61. The van der Waals surface area contributed by atoms with Crippen LogP contribution in [0, 0.1) is 0 Å². The standard InChI is InChI=1S/C18H22N4O4/c1-18(2,3)14-9-13(22(4)21-14)17(26)20-12-7-5-11(6-8-12)16(25)19-10-15(23)24/h5-9H,10H2,1-4H3,(H,19,25)(H,20,26)(H,23,24). The van der Waals surface area contributed by atoms with Gasteiger partial charge in [0.05, 0.1) is 5.69 Å². The van der Waals surface area contributed by atoms with Crippen molar-refractivity contribution in [3.63, 3.8) is 0 Å². The molecule has 0 spiro atoms. The summed E-state index contributed by atoms with van der Waals surface area (Å²) in [7, 11) is 1.71. The molecule has 8 heteroatoms. The Balaban J connectivity index is 2.07. The maximum Gasteiger partial charge on any atom is 0.322 e. The van der Waals surface area contributed by atoms with Gasteiger partial charge in [0.15, 0.2) is 0 Å². The topological polar surface area (TPSA) is 113 Å². The van der Waals surface area contributed by atoms with Crippen molar-refractivity contribution in [1.82, 2.24) is 15.1 Å². The van der Waals surface area contributed by atoms with E-state index in [1.54, 1.807) is 25.2 Å². The minimum absolute atomic E-state index is 0.165. The first-order valence-electron chi connectivity index (χ1n) is 8.04. The third-order valence-electron chi connectivity index (χ3n) is 3.69. The van der Waals surface area contributed by atoms with Gasteiger partial charge >= 0.3 is 5.97 Å². The van der Waals surface area contributed by atoms with Gasteiger partial charge in [-0.15, -0.1) is 0 Å². The number of aryl methyl sites for hydroxylation is 1. The highest BCUT2D eigenvalue weighted by atomic mass is 16.4. The molecular formula is C18H22N4O4. The molecule has 0 unspecified atom stereocenters. The number of hydrogen-bond donors (Lipinski definition) is 3. The first kappa shape index (κ1) is 19.2. The van der Waals surface area contributed by atoms with Crippen molar-refractivity contribution in [2.24, 2.45) is 7.05 Å². The lowest BCUT2D eigenvalue weighted by atomic mass is 9.92. The van der Waals surface area contributed by atoms with Crippen LogP contribution in [0.2, 0.25) is 0 Å². The van der Waals surface area contributed by atoms with Crippen molar-refractivity contribution in [3.05, 3.63) is 47.3 Å². The molecule has 1 aromatic heterocycles. The van der Waals surface area contributed by atoms with Crippen molar-refractivity contribution in [2.45, 2.75) is 26.2 Å². The second kappa shape index (κ2) is 7.38. The smallest absolute Gasteiger partial charge is 0.322 e. The zero-order chi connectivity index (χ0) is 19.5. The number of aliphatic carboxylic acids is 1. The zero-order valence-electron chi connectivity index (χ0n) is 15.2. The number of nitrogens with one attached hydrogen (secondary N) is 2. The predicted octanol–water partition coefficient (Wildman–Crippen LogP) is 1.78. The molecular weight excluding hydrogens is 336 g/mol. The second-order valence-electron chi connectivity index (χ2n) is 6.90. The Kier molecular flexibility index (Phi) is 5.44. The fourth-order valence-corrected chi connectivity index (χ4v) is 2.20. The molecule has 0 radical (unpaired) electrons. The monoisotopic (exact) mass is 358 g/mol. The number of anilines is 1. The summed E-state index contributed by atoms with van der Waals surface area (Å²) in [5.74, 6) is -1.92. The van der Waals surface area contributed by atoms with Crippen molar-refractivity contribution in [3.8, 4) is 0 Å². The lowest BCUT2D eigenvalue weighted by molar-refractivity contribution is -0.135. The highest BCUT2D eigenvalue weighted by Gasteiger charge is 2.21. The fraction of sp³-hybridized carbons (Fsp3) is 0.333. The lowest BCUT2D eigenvalue weighted by Gasteiger charge is -2.13. The van der Waals surface area contributed by atoms with Gasteiger partial charge in [-0.05, 0) is 30.3 Å². The Bertz CT molecular complexity index is 832. The van der Waals surface area contributed by atoms with Crippen molar-refractivity contribution >= 4 is 23.5 Å². The van der Waals surface area contributed by atoms with Gasteiger partial charge < -0.3 is 15.7 Å². The molecule has 0 aliphatic rings. The normalized spacial score (nSPS) is 11.1. The molecule has 26 heavy (non-hydrogen) atoms. The molecule has 138 valence electrons. The molecule has 2 aromatic rings. The number of amides is 2. The van der Waals surface area contributed by atoms with Crippen LogP contribution in [0.15, 0.2) is 30.3 Å². The van der Waals surface area contributed by atoms with E-state index in [2.05, 4.69) is 15.7 Å². The number of carboxylic acids is 1. The molecule has 1 aromatic carbocycles. The van der Waals surface area contributed by atoms with Gasteiger partial charge in [0.2, 0.25) is 0 Å². The summed E-state index contributed by atoms with van der Waals surface area (Å²) in [5.41, 5.74) is 1.90. The number of carbonyl (C=O) groups is 3. The molecule has 0 aliphatic heterocycles. The van der Waals surface area contributed by atoms with Crippen molar-refractivity contribution < 1.29 is 19.5 Å². The number of carbonyl (C=O) groups excluding carboxylic acids is 2. The lowest BCUT2D eigenvalue weighted by Crippen LogP contribution is -2.29. The quantitative estimate of drug-likeness (QED) is 0.754. The van der Waals surface area contributed by atoms with E-state index in [-0.39, 0.29) is 11.3 Å². The van der Waals surface area contributed by atoms with Gasteiger partial charge in [0, 0.05) is 23.7 Å². The molecule has 2 rings (SSSR count). The Hall–Kier alpha value is -3.16. The van der Waals surface area contributed by atoms with Gasteiger partial charge in [0.25, 0.3) is 11.8 Å². The van der Waals surface area contributed by atoms with Gasteiger partial charge in [-0.2, -0.15) is 5.10 Å². The number of rotatable bonds is 5. The number of carboxylic acid groups (broad SMARTS) is 1. The first-order chi connectivity index (χ1) is 12.1. The molecule has 0 bridgehead atoms. The Morgan fingerprint density at radius 3 is 2.23 bits per heavy atom. The minimum atomic E-state index is -1.12. The summed E-state index contributed by atoms with van der Waals surface area (Å²) in [5, 5.41) is 18.0. The molecule has 1 heterocycles. The molecule has 0 atom stereocenters. The number of aromatic nitrogens is 2. The molecule has 0 aliphatic carbocycles. The van der Waals surface area contributed by atoms with Crippen LogP contribution in [-0.4, -0.2) is 39.2 Å². The Morgan fingerprint density at radius 2 is 1.73 bits per heavy atom. The average Bonchev–Trinajstić information content (AvgIpc) is 2.95. The van der Waals surface area contributed by atoms with Gasteiger partial charge in [0.1, 0.15) is 12.2 Å². The number of benzene rings is 1. The van der Waals surface area contributed by atoms with E-state index in [1.807, 2.05) is 20.8 Å². The van der Waals surface area contributed by atoms with Crippen LogP contribution in [0.1, 0.15) is 47.3 Å². The van der Waals surface area contributed by atoms with Gasteiger partial charge in [-0.3, -0.25) is 19.1 Å². The Morgan fingerprint density at radius 1 is 1.12 bits per heavy atom. The van der Waals surface area contributed by atoms with E-state index in [0.717, 1.165) is 5.69 Å². The van der Waals surface area contributed by atoms with Gasteiger partial charge in [-0.25, -0.2) is 0 Å². The van der Waals surface area contributed by atoms with Crippen LogP contribution in [0.25, 0.3) is 0 Å². The van der Waals surface area contributed by atoms with Crippen LogP contribution >= 0.6 is 0 Å². The third kappa shape index (κ3) is 4.69. The maximum absolute atomic E-state index is 12.5. The summed E-state index contributed by atoms with van der Waals surface area (Å²) in [6, 6.07) is 7.93. The molecule has 8 nitrogen and oxygen atoms in total. The van der Waals surface area contributed by atoms with E-state index in [1.165, 1.54) is 16.8 Å². The number of nitrogens with zero attached hydrogens (tertiary/aromatic N) is 2. The Labute approximate surface area is 151 Å². The third-order valence-corrected chi connectivity index (χ3v) is 3.69. The number of hydrogen-bond acceptors (Lipinski definition) is 4. The van der Waals surface area contributed by atoms with Gasteiger partial charge in [-0.1, -0.05) is 20.8 Å². The predicted molar refractivity (Wildman–Crippen MR) is 96.3 cm³/mol. The minimum Gasteiger partial charge on any atom is -0.480 e. The van der Waals surface area contributed by atoms with Crippen LogP contribution in [0.4, 0.5) is 5.69 Å². The fourth-order valence-electron chi connectivity index (χ4n) is 2.20. The van der Waals surface area contributed by atoms with E-state index in [4.69, 9.17) is 5.11 Å². The van der Waals surface area contributed by atoms with Crippen molar-refractivity contribution in [1.29, 1.82) is 0 Å². The summed E-state index contributed by atoms with van der Waals surface area (Å²) < 4.78 is 1.53.